The Kier molecular flexibility index (Phi) is 4.49. The van der Waals surface area contributed by atoms with Gasteiger partial charge in [0, 0.05) is 32.5 Å². The van der Waals surface area contributed by atoms with Gasteiger partial charge in [-0.05, 0) is 0 Å². The van der Waals surface area contributed by atoms with Gasteiger partial charge in [-0.3, -0.25) is 0 Å². The van der Waals surface area contributed by atoms with Crippen LogP contribution < -0.4 is 15.2 Å². The molecule has 0 aromatic carbocycles. The Balaban J connectivity index is 1.57. The normalized spacial score (nSPS) is 11.0. The van der Waals surface area contributed by atoms with Crippen molar-refractivity contribution in [3.05, 3.63) is 36.4 Å². The lowest BCUT2D eigenvalue weighted by Gasteiger charge is -2.05. The van der Waals surface area contributed by atoms with E-state index in [1.807, 2.05) is 43.4 Å². The predicted octanol–water partition coefficient (Wildman–Crippen LogP) is -0.548. The first-order valence-electron chi connectivity index (χ1n) is 6.17. The van der Waals surface area contributed by atoms with Gasteiger partial charge >= 0.3 is 0 Å². The zero-order valence-corrected chi connectivity index (χ0v) is 11.0. The van der Waals surface area contributed by atoms with E-state index in [-0.39, 0.29) is 0 Å². The zero-order chi connectivity index (χ0) is 12.8. The molecule has 0 aliphatic heterocycles. The van der Waals surface area contributed by atoms with Crippen molar-refractivity contribution < 1.29 is 4.57 Å². The van der Waals surface area contributed by atoms with Gasteiger partial charge in [-0.2, -0.15) is 0 Å². The number of imidazole rings is 2. The summed E-state index contributed by atoms with van der Waals surface area (Å²) < 4.78 is 4.10. The quantitative estimate of drug-likeness (QED) is 0.456. The Labute approximate surface area is 107 Å². The molecule has 2 rings (SSSR count). The predicted molar refractivity (Wildman–Crippen MR) is 68.6 cm³/mol. The molecule has 3 N–H and O–H groups in total. The van der Waals surface area contributed by atoms with E-state index in [0.29, 0.717) is 0 Å². The van der Waals surface area contributed by atoms with Gasteiger partial charge in [-0.1, -0.05) is 0 Å². The van der Waals surface area contributed by atoms with Gasteiger partial charge in [0.15, 0.2) is 0 Å². The van der Waals surface area contributed by atoms with Crippen LogP contribution in [0.15, 0.2) is 24.8 Å². The van der Waals surface area contributed by atoms with Crippen LogP contribution in [0.4, 0.5) is 0 Å². The van der Waals surface area contributed by atoms with Crippen LogP contribution in [0.5, 0.6) is 0 Å². The molecular formula is C12H21N6+. The summed E-state index contributed by atoms with van der Waals surface area (Å²) in [6, 6.07) is 0. The molecule has 2 heterocycles. The number of H-pyrrole nitrogens is 1. The van der Waals surface area contributed by atoms with Gasteiger partial charge in [0.25, 0.3) is 5.82 Å². The average Bonchev–Trinajstić information content (AvgIpc) is 2.94. The molecule has 98 valence electrons. The van der Waals surface area contributed by atoms with Gasteiger partial charge in [0.05, 0.1) is 20.1 Å². The molecule has 6 nitrogen and oxygen atoms in total. The smallest absolute Gasteiger partial charge is 0.268 e. The van der Waals surface area contributed by atoms with Crippen LogP contribution in [0.2, 0.25) is 0 Å². The summed E-state index contributed by atoms with van der Waals surface area (Å²) in [5.41, 5.74) is 0. The van der Waals surface area contributed by atoms with Crippen molar-refractivity contribution in [3.8, 4) is 0 Å². The molecule has 0 spiro atoms. The van der Waals surface area contributed by atoms with Gasteiger partial charge in [0.2, 0.25) is 0 Å². The molecular weight excluding hydrogens is 228 g/mol. The van der Waals surface area contributed by atoms with Crippen molar-refractivity contribution in [1.29, 1.82) is 0 Å². The molecule has 0 saturated carbocycles. The van der Waals surface area contributed by atoms with E-state index < -0.39 is 0 Å². The molecule has 6 heteroatoms. The van der Waals surface area contributed by atoms with E-state index in [9.17, 15) is 0 Å². The minimum Gasteiger partial charge on any atom is -0.337 e. The van der Waals surface area contributed by atoms with Crippen molar-refractivity contribution in [1.82, 2.24) is 25.2 Å². The summed E-state index contributed by atoms with van der Waals surface area (Å²) in [7, 11) is 4.04. The summed E-state index contributed by atoms with van der Waals surface area (Å²) in [4.78, 5) is 7.45. The Morgan fingerprint density at radius 3 is 2.72 bits per heavy atom. The molecule has 18 heavy (non-hydrogen) atoms. The molecule has 0 unspecified atom stereocenters. The summed E-state index contributed by atoms with van der Waals surface area (Å²) in [5.74, 6) is 2.24. The number of nitrogens with one attached hydrogen (secondary N) is 3. The lowest BCUT2D eigenvalue weighted by Crippen LogP contribution is -2.35. The minimum atomic E-state index is 0.807. The lowest BCUT2D eigenvalue weighted by atomic mass is 10.5. The highest BCUT2D eigenvalue weighted by atomic mass is 15.1. The number of aromatic amines is 1. The second-order valence-corrected chi connectivity index (χ2v) is 4.33. The maximum Gasteiger partial charge on any atom is 0.268 e. The van der Waals surface area contributed by atoms with E-state index in [1.54, 1.807) is 0 Å². The second kappa shape index (κ2) is 6.32. The highest BCUT2D eigenvalue weighted by molar-refractivity contribution is 4.90. The monoisotopic (exact) mass is 249 g/mol. The number of aromatic nitrogens is 4. The van der Waals surface area contributed by atoms with Crippen molar-refractivity contribution in [2.24, 2.45) is 14.1 Å². The fraction of sp³-hybridized carbons (Fsp3) is 0.500. The van der Waals surface area contributed by atoms with Crippen LogP contribution in [0.1, 0.15) is 11.6 Å². The van der Waals surface area contributed by atoms with E-state index in [4.69, 9.17) is 0 Å². The minimum absolute atomic E-state index is 0.807. The van der Waals surface area contributed by atoms with Crippen LogP contribution in [-0.4, -0.2) is 27.6 Å². The summed E-state index contributed by atoms with van der Waals surface area (Å²) in [6.45, 7) is 3.52. The Morgan fingerprint density at radius 2 is 2.11 bits per heavy atom. The summed E-state index contributed by atoms with van der Waals surface area (Å²) in [6.07, 6.45) is 7.73. The first-order valence-corrected chi connectivity index (χ1v) is 6.17. The third kappa shape index (κ3) is 3.41. The Morgan fingerprint density at radius 1 is 1.33 bits per heavy atom. The van der Waals surface area contributed by atoms with E-state index in [0.717, 1.165) is 32.0 Å². The number of aryl methyl sites for hydroxylation is 2. The van der Waals surface area contributed by atoms with Gasteiger partial charge in [0.1, 0.15) is 18.2 Å². The molecule has 2 aromatic heterocycles. The number of hydrogen-bond donors (Lipinski definition) is 3. The summed E-state index contributed by atoms with van der Waals surface area (Å²) in [5, 5.41) is 6.74. The number of rotatable bonds is 7. The molecule has 0 atom stereocenters. The lowest BCUT2D eigenvalue weighted by molar-refractivity contribution is -0.678. The SMILES string of the molecule is Cn1ccnc1CNCCNCc1[nH]cc[n+]1C. The third-order valence-corrected chi connectivity index (χ3v) is 2.95. The standard InChI is InChI=1S/C12H20N6/c1-17-7-5-15-11(17)9-13-3-4-14-10-12-16-6-8-18(12)2/h5-8,13-14H,3-4,9-10H2,1-2H3/p+1. The molecule has 0 aliphatic rings. The topological polar surface area (TPSA) is 61.6 Å². The van der Waals surface area contributed by atoms with Crippen LogP contribution in [0.25, 0.3) is 0 Å². The maximum atomic E-state index is 4.26. The summed E-state index contributed by atoms with van der Waals surface area (Å²) >= 11 is 0. The van der Waals surface area contributed by atoms with Crippen molar-refractivity contribution in [3.63, 3.8) is 0 Å². The average molecular weight is 249 g/mol. The molecule has 0 fully saturated rings. The molecule has 0 radical (unpaired) electrons. The van der Waals surface area contributed by atoms with Crippen molar-refractivity contribution >= 4 is 0 Å². The second-order valence-electron chi connectivity index (χ2n) is 4.33. The molecule has 0 aliphatic carbocycles. The van der Waals surface area contributed by atoms with Gasteiger partial charge < -0.3 is 15.2 Å². The van der Waals surface area contributed by atoms with Crippen LogP contribution >= 0.6 is 0 Å². The van der Waals surface area contributed by atoms with Gasteiger partial charge in [-0.15, -0.1) is 0 Å². The molecule has 0 saturated heterocycles. The highest BCUT2D eigenvalue weighted by Gasteiger charge is 2.04. The fourth-order valence-corrected chi connectivity index (χ4v) is 1.76. The fourth-order valence-electron chi connectivity index (χ4n) is 1.76. The van der Waals surface area contributed by atoms with E-state index in [1.165, 1.54) is 5.82 Å². The molecule has 0 bridgehead atoms. The van der Waals surface area contributed by atoms with Crippen LogP contribution in [0, 0.1) is 0 Å². The van der Waals surface area contributed by atoms with Crippen LogP contribution in [-0.2, 0) is 27.2 Å². The molecule has 0 amide bonds. The Hall–Kier alpha value is -1.66. The number of hydrogen-bond acceptors (Lipinski definition) is 3. The van der Waals surface area contributed by atoms with Crippen molar-refractivity contribution in [2.75, 3.05) is 13.1 Å². The highest BCUT2D eigenvalue weighted by Crippen LogP contribution is 1.92. The molecule has 2 aromatic rings. The van der Waals surface area contributed by atoms with Crippen LogP contribution in [0.3, 0.4) is 0 Å². The third-order valence-electron chi connectivity index (χ3n) is 2.95. The first kappa shape index (κ1) is 12.8. The van der Waals surface area contributed by atoms with Gasteiger partial charge in [-0.25, -0.2) is 14.5 Å². The number of nitrogens with zero attached hydrogens (tertiary/aromatic N) is 3. The zero-order valence-electron chi connectivity index (χ0n) is 11.0. The Bertz CT molecular complexity index is 428. The van der Waals surface area contributed by atoms with E-state index in [2.05, 4.69) is 25.2 Å². The van der Waals surface area contributed by atoms with Crippen molar-refractivity contribution in [2.45, 2.75) is 13.1 Å². The maximum absolute atomic E-state index is 4.26. The first-order chi connectivity index (χ1) is 8.77. The van der Waals surface area contributed by atoms with E-state index >= 15 is 0 Å². The largest absolute Gasteiger partial charge is 0.337 e.